The van der Waals surface area contributed by atoms with Gasteiger partial charge in [0.05, 0.1) is 11.6 Å². The average Bonchev–Trinajstić information content (AvgIpc) is 2.92. The molecule has 0 N–H and O–H groups in total. The van der Waals surface area contributed by atoms with Crippen molar-refractivity contribution in [2.75, 3.05) is 53.4 Å². The predicted octanol–water partition coefficient (Wildman–Crippen LogP) is 5.98. The van der Waals surface area contributed by atoms with Crippen LogP contribution >= 0.6 is 11.6 Å². The van der Waals surface area contributed by atoms with Crippen molar-refractivity contribution in [2.45, 2.75) is 20.3 Å². The zero-order valence-corrected chi connectivity index (χ0v) is 23.9. The first-order chi connectivity index (χ1) is 18.7. The second-order valence-electron chi connectivity index (χ2n) is 10.1. The summed E-state index contributed by atoms with van der Waals surface area (Å²) in [5, 5.41) is 2.20. The van der Waals surface area contributed by atoms with E-state index in [1.807, 2.05) is 68.4 Å². The molecule has 1 amide bonds. The summed E-state index contributed by atoms with van der Waals surface area (Å²) >= 11 is 6.83. The van der Waals surface area contributed by atoms with Crippen molar-refractivity contribution in [1.82, 2.24) is 14.7 Å². The molecule has 206 valence electrons. The second kappa shape index (κ2) is 12.6. The number of aliphatic imine (C=N–C) groups is 1. The van der Waals surface area contributed by atoms with E-state index in [-0.39, 0.29) is 17.5 Å². The van der Waals surface area contributed by atoms with Crippen LogP contribution in [0.2, 0.25) is 0 Å². The van der Waals surface area contributed by atoms with E-state index in [9.17, 15) is 4.79 Å². The molecule has 0 aromatic heterocycles. The van der Waals surface area contributed by atoms with Crippen molar-refractivity contribution in [3.63, 3.8) is 0 Å². The molecule has 1 aliphatic carbocycles. The van der Waals surface area contributed by atoms with Crippen LogP contribution in [0.1, 0.15) is 25.8 Å². The highest BCUT2D eigenvalue weighted by Gasteiger charge is 2.30. The number of halogens is 2. The molecule has 8 heteroatoms. The Labute approximate surface area is 235 Å². The Kier molecular flexibility index (Phi) is 9.25. The number of rotatable bonds is 8. The lowest BCUT2D eigenvalue weighted by Gasteiger charge is -2.37. The number of hydrogen-bond donors (Lipinski definition) is 0. The molecule has 0 bridgehead atoms. The summed E-state index contributed by atoms with van der Waals surface area (Å²) in [6.07, 6.45) is 2.58. The number of benzene rings is 2. The normalized spacial score (nSPS) is 18.6. The minimum absolute atomic E-state index is 0.0548. The SMILES string of the molecule is C=C(/N=C1/C(F)=C(c2cccc3ccccc23)C(Cl)=C/C1=C(/C)N1CCN(C(C)=O)CC1)OCCCN(C)C. The van der Waals surface area contributed by atoms with Gasteiger partial charge in [-0.15, -0.1) is 0 Å². The third-order valence-corrected chi connectivity index (χ3v) is 7.39. The number of nitrogens with zero attached hydrogens (tertiary/aromatic N) is 4. The molecular formula is C31H36ClFN4O2. The number of amides is 1. The van der Waals surface area contributed by atoms with E-state index in [2.05, 4.69) is 21.4 Å². The molecule has 2 aromatic rings. The molecular weight excluding hydrogens is 515 g/mol. The van der Waals surface area contributed by atoms with Gasteiger partial charge < -0.3 is 19.4 Å². The molecule has 4 rings (SSSR count). The van der Waals surface area contributed by atoms with Crippen molar-refractivity contribution < 1.29 is 13.9 Å². The van der Waals surface area contributed by atoms with Gasteiger partial charge in [-0.2, -0.15) is 0 Å². The van der Waals surface area contributed by atoms with Gasteiger partial charge in [0.1, 0.15) is 5.71 Å². The molecule has 6 nitrogen and oxygen atoms in total. The summed E-state index contributed by atoms with van der Waals surface area (Å²) in [6, 6.07) is 13.6. The molecule has 2 aromatic carbocycles. The summed E-state index contributed by atoms with van der Waals surface area (Å²) in [5.41, 5.74) is 2.55. The molecule has 39 heavy (non-hydrogen) atoms. The van der Waals surface area contributed by atoms with Crippen molar-refractivity contribution in [3.05, 3.63) is 88.7 Å². The van der Waals surface area contributed by atoms with Crippen LogP contribution in [0.5, 0.6) is 0 Å². The van der Waals surface area contributed by atoms with E-state index in [1.54, 1.807) is 13.0 Å². The zero-order chi connectivity index (χ0) is 28.1. The van der Waals surface area contributed by atoms with Gasteiger partial charge in [0.2, 0.25) is 11.8 Å². The molecule has 0 spiro atoms. The van der Waals surface area contributed by atoms with E-state index in [4.69, 9.17) is 16.3 Å². The number of carbonyl (C=O) groups excluding carboxylic acids is 1. The Bertz CT molecular complexity index is 1380. The topological polar surface area (TPSA) is 48.4 Å². The number of piperazine rings is 1. The quantitative estimate of drug-likeness (QED) is 0.300. The van der Waals surface area contributed by atoms with E-state index in [0.29, 0.717) is 54.5 Å². The van der Waals surface area contributed by atoms with Crippen molar-refractivity contribution in [1.29, 1.82) is 0 Å². The minimum atomic E-state index is -0.520. The fourth-order valence-corrected chi connectivity index (χ4v) is 5.23. The van der Waals surface area contributed by atoms with Gasteiger partial charge in [0, 0.05) is 56.5 Å². The van der Waals surface area contributed by atoms with Crippen LogP contribution in [-0.4, -0.2) is 79.7 Å². The molecule has 2 aliphatic rings. The molecule has 1 fully saturated rings. The fourth-order valence-electron chi connectivity index (χ4n) is 4.94. The van der Waals surface area contributed by atoms with Crippen LogP contribution in [-0.2, 0) is 9.53 Å². The van der Waals surface area contributed by atoms with E-state index < -0.39 is 5.83 Å². The number of hydrogen-bond acceptors (Lipinski definition) is 5. The highest BCUT2D eigenvalue weighted by molar-refractivity contribution is 6.41. The fraction of sp³-hybridized carbons (Fsp3) is 0.355. The first-order valence-corrected chi connectivity index (χ1v) is 13.6. The van der Waals surface area contributed by atoms with Gasteiger partial charge in [0.25, 0.3) is 0 Å². The van der Waals surface area contributed by atoms with Crippen molar-refractivity contribution in [3.8, 4) is 0 Å². The van der Waals surface area contributed by atoms with Gasteiger partial charge in [0.15, 0.2) is 5.83 Å². The standard InChI is InChI=1S/C31H36ClFN4O2/c1-21(36-15-17-37(18-16-36)23(3)38)27-20-28(32)29(26-13-8-11-24-10-6-7-12-25(24)26)30(33)31(27)34-22(2)39-19-9-14-35(4)5/h6-8,10-13,20H,2,9,14-19H2,1,3-5H3/b27-21+,34-31+. The Hall–Kier alpha value is -3.42. The number of fused-ring (bicyclic) bond motifs is 1. The number of ether oxygens (including phenoxy) is 1. The van der Waals surface area contributed by atoms with Gasteiger partial charge in [-0.05, 0) is 56.4 Å². The smallest absolute Gasteiger partial charge is 0.219 e. The lowest BCUT2D eigenvalue weighted by molar-refractivity contribution is -0.130. The third kappa shape index (κ3) is 6.60. The molecule has 1 heterocycles. The Balaban J connectivity index is 1.75. The summed E-state index contributed by atoms with van der Waals surface area (Å²) in [6.45, 7) is 11.2. The molecule has 0 saturated carbocycles. The number of allylic oxidation sites excluding steroid dienone is 6. The Morgan fingerprint density at radius 3 is 2.44 bits per heavy atom. The van der Waals surface area contributed by atoms with Crippen LogP contribution in [0, 0.1) is 0 Å². The first kappa shape index (κ1) is 28.6. The van der Waals surface area contributed by atoms with Gasteiger partial charge in [-0.3, -0.25) is 4.79 Å². The molecule has 0 radical (unpaired) electrons. The summed E-state index contributed by atoms with van der Waals surface area (Å²) in [5.74, 6) is -0.317. The third-order valence-electron chi connectivity index (χ3n) is 7.10. The highest BCUT2D eigenvalue weighted by atomic mass is 35.5. The van der Waals surface area contributed by atoms with Gasteiger partial charge in [-0.1, -0.05) is 54.1 Å². The van der Waals surface area contributed by atoms with E-state index >= 15 is 4.39 Å². The van der Waals surface area contributed by atoms with Crippen LogP contribution < -0.4 is 0 Å². The zero-order valence-electron chi connectivity index (χ0n) is 23.1. The monoisotopic (exact) mass is 550 g/mol. The molecule has 0 atom stereocenters. The van der Waals surface area contributed by atoms with Crippen molar-refractivity contribution in [2.24, 2.45) is 4.99 Å². The van der Waals surface area contributed by atoms with Gasteiger partial charge >= 0.3 is 0 Å². The Morgan fingerprint density at radius 2 is 1.74 bits per heavy atom. The minimum Gasteiger partial charge on any atom is -0.478 e. The van der Waals surface area contributed by atoms with E-state index in [0.717, 1.165) is 29.4 Å². The molecule has 0 unspecified atom stereocenters. The largest absolute Gasteiger partial charge is 0.478 e. The van der Waals surface area contributed by atoms with Crippen LogP contribution in [0.15, 0.2) is 88.1 Å². The maximum absolute atomic E-state index is 16.6. The maximum Gasteiger partial charge on any atom is 0.219 e. The molecule has 1 saturated heterocycles. The lowest BCUT2D eigenvalue weighted by atomic mass is 9.90. The van der Waals surface area contributed by atoms with Crippen molar-refractivity contribution >= 4 is 39.6 Å². The summed E-state index contributed by atoms with van der Waals surface area (Å²) in [7, 11) is 4.00. The van der Waals surface area contributed by atoms with Crippen LogP contribution in [0.25, 0.3) is 16.3 Å². The van der Waals surface area contributed by atoms with Gasteiger partial charge in [-0.25, -0.2) is 9.38 Å². The average molecular weight is 551 g/mol. The highest BCUT2D eigenvalue weighted by Crippen LogP contribution is 2.41. The van der Waals surface area contributed by atoms with Crippen LogP contribution in [0.4, 0.5) is 4.39 Å². The predicted molar refractivity (Wildman–Crippen MR) is 158 cm³/mol. The second-order valence-corrected chi connectivity index (χ2v) is 10.5. The first-order valence-electron chi connectivity index (χ1n) is 13.2. The summed E-state index contributed by atoms with van der Waals surface area (Å²) < 4.78 is 22.4. The Morgan fingerprint density at radius 1 is 1.08 bits per heavy atom. The lowest BCUT2D eigenvalue weighted by Crippen LogP contribution is -2.47. The summed E-state index contributed by atoms with van der Waals surface area (Å²) in [4.78, 5) is 22.4. The number of carbonyl (C=O) groups is 1. The van der Waals surface area contributed by atoms with E-state index in [1.165, 1.54) is 0 Å². The molecule has 1 aliphatic heterocycles. The maximum atomic E-state index is 16.6. The van der Waals surface area contributed by atoms with Crippen LogP contribution in [0.3, 0.4) is 0 Å².